The lowest BCUT2D eigenvalue weighted by Crippen LogP contribution is -2.35. The Morgan fingerprint density at radius 3 is 2.54 bits per heavy atom. The van der Waals surface area contributed by atoms with E-state index in [0.717, 1.165) is 17.7 Å². The summed E-state index contributed by atoms with van der Waals surface area (Å²) in [6, 6.07) is 14.8. The second-order valence-corrected chi connectivity index (χ2v) is 10.5. The molecule has 12 heteroatoms. The van der Waals surface area contributed by atoms with Crippen LogP contribution < -0.4 is 9.62 Å². The predicted molar refractivity (Wildman–Crippen MR) is 131 cm³/mol. The van der Waals surface area contributed by atoms with Crippen molar-refractivity contribution < 1.29 is 35.9 Å². The number of hydrogen-bond donors (Lipinski definition) is 1. The van der Waals surface area contributed by atoms with Gasteiger partial charge >= 0.3 is 12.1 Å². The molecule has 37 heavy (non-hydrogen) atoms. The molecule has 0 bridgehead atoms. The molecular formula is C25H20ClF3N2O5S. The molecule has 0 saturated carbocycles. The Kier molecular flexibility index (Phi) is 7.20. The number of carbonyl (C=O) groups is 2. The minimum absolute atomic E-state index is 0.111. The summed E-state index contributed by atoms with van der Waals surface area (Å²) in [7, 11) is -4.01. The summed E-state index contributed by atoms with van der Waals surface area (Å²) in [6.07, 6.45) is -4.17. The van der Waals surface area contributed by atoms with Gasteiger partial charge in [0.15, 0.2) is 6.61 Å². The van der Waals surface area contributed by atoms with Crippen LogP contribution in [-0.4, -0.2) is 32.9 Å². The molecule has 1 heterocycles. The second-order valence-electron chi connectivity index (χ2n) is 8.33. The molecule has 1 N–H and O–H groups in total. The SMILES string of the molecule is CC1Cc2ccccc2N1S(=O)(=O)c1cccc(C(=O)OCC(=O)Nc2ccc(Cl)c(C(F)(F)F)c2)c1. The Morgan fingerprint density at radius 2 is 1.81 bits per heavy atom. The van der Waals surface area contributed by atoms with Crippen LogP contribution >= 0.6 is 11.6 Å². The van der Waals surface area contributed by atoms with Gasteiger partial charge in [-0.3, -0.25) is 9.10 Å². The van der Waals surface area contributed by atoms with Crippen molar-refractivity contribution in [1.82, 2.24) is 0 Å². The van der Waals surface area contributed by atoms with E-state index in [2.05, 4.69) is 5.32 Å². The fraction of sp³-hybridized carbons (Fsp3) is 0.200. The fourth-order valence-electron chi connectivity index (χ4n) is 4.03. The molecule has 1 unspecified atom stereocenters. The Morgan fingerprint density at radius 1 is 1.08 bits per heavy atom. The van der Waals surface area contributed by atoms with E-state index >= 15 is 0 Å². The first kappa shape index (κ1) is 26.5. The largest absolute Gasteiger partial charge is 0.452 e. The van der Waals surface area contributed by atoms with Gasteiger partial charge < -0.3 is 10.1 Å². The molecule has 0 spiro atoms. The Labute approximate surface area is 215 Å². The number of halogens is 4. The summed E-state index contributed by atoms with van der Waals surface area (Å²) in [4.78, 5) is 24.5. The zero-order chi connectivity index (χ0) is 27.0. The Balaban J connectivity index is 1.45. The lowest BCUT2D eigenvalue weighted by atomic mass is 10.1. The van der Waals surface area contributed by atoms with Crippen molar-refractivity contribution in [1.29, 1.82) is 0 Å². The van der Waals surface area contributed by atoms with Crippen molar-refractivity contribution in [3.05, 3.63) is 88.4 Å². The number of fused-ring (bicyclic) bond motifs is 1. The van der Waals surface area contributed by atoms with Gasteiger partial charge in [0.05, 0.1) is 26.7 Å². The first-order valence-corrected chi connectivity index (χ1v) is 12.8. The van der Waals surface area contributed by atoms with E-state index in [1.54, 1.807) is 19.1 Å². The van der Waals surface area contributed by atoms with E-state index < -0.39 is 45.3 Å². The van der Waals surface area contributed by atoms with Gasteiger partial charge in [0.2, 0.25) is 0 Å². The van der Waals surface area contributed by atoms with Gasteiger partial charge in [0, 0.05) is 11.7 Å². The van der Waals surface area contributed by atoms with Crippen LogP contribution in [0.5, 0.6) is 0 Å². The highest BCUT2D eigenvalue weighted by molar-refractivity contribution is 7.92. The molecule has 4 rings (SSSR count). The van der Waals surface area contributed by atoms with E-state index in [0.29, 0.717) is 18.2 Å². The monoisotopic (exact) mass is 552 g/mol. The molecule has 1 aliphatic rings. The lowest BCUT2D eigenvalue weighted by molar-refractivity contribution is -0.137. The number of para-hydroxylation sites is 1. The Hall–Kier alpha value is -3.57. The van der Waals surface area contributed by atoms with Crippen LogP contribution in [0.3, 0.4) is 0 Å². The molecule has 0 aliphatic carbocycles. The van der Waals surface area contributed by atoms with Gasteiger partial charge in [-0.25, -0.2) is 13.2 Å². The molecule has 1 atom stereocenters. The standard InChI is InChI=1S/C25H20ClF3N2O5S/c1-15-11-16-5-2-3-8-22(16)31(15)37(34,35)19-7-4-6-17(12-19)24(33)36-14-23(32)30-18-9-10-21(26)20(13-18)25(27,28)29/h2-10,12-13,15H,11,14H2,1H3,(H,30,32). The first-order valence-electron chi connectivity index (χ1n) is 10.9. The molecule has 0 saturated heterocycles. The summed E-state index contributed by atoms with van der Waals surface area (Å²) in [5, 5.41) is 1.67. The summed E-state index contributed by atoms with van der Waals surface area (Å²) in [5.74, 6) is -1.87. The van der Waals surface area contributed by atoms with Gasteiger partial charge in [0.1, 0.15) is 0 Å². The number of rotatable bonds is 6. The summed E-state index contributed by atoms with van der Waals surface area (Å²) < 4.78 is 72.1. The summed E-state index contributed by atoms with van der Waals surface area (Å²) in [6.45, 7) is 0.975. The highest BCUT2D eigenvalue weighted by Crippen LogP contribution is 2.37. The second kappa shape index (κ2) is 10.1. The van der Waals surface area contributed by atoms with Crippen molar-refractivity contribution in [3.8, 4) is 0 Å². The third-order valence-corrected chi connectivity index (χ3v) is 7.91. The number of benzene rings is 3. The van der Waals surface area contributed by atoms with Crippen molar-refractivity contribution in [2.75, 3.05) is 16.2 Å². The maximum atomic E-state index is 13.4. The fourth-order valence-corrected chi connectivity index (χ4v) is 6.00. The van der Waals surface area contributed by atoms with Gasteiger partial charge in [-0.05, 0) is 61.4 Å². The maximum Gasteiger partial charge on any atom is 0.417 e. The zero-order valence-electron chi connectivity index (χ0n) is 19.3. The minimum atomic E-state index is -4.72. The molecule has 1 aliphatic heterocycles. The number of nitrogens with one attached hydrogen (secondary N) is 1. The molecular weight excluding hydrogens is 533 g/mol. The number of anilines is 2. The van der Waals surface area contributed by atoms with Gasteiger partial charge in [-0.1, -0.05) is 35.9 Å². The summed E-state index contributed by atoms with van der Waals surface area (Å²) in [5.41, 5.74) is 0.0291. The zero-order valence-corrected chi connectivity index (χ0v) is 20.8. The van der Waals surface area contributed by atoms with Crippen LogP contribution in [0, 0.1) is 0 Å². The van der Waals surface area contributed by atoms with Gasteiger partial charge in [-0.2, -0.15) is 13.2 Å². The third-order valence-electron chi connectivity index (χ3n) is 5.66. The molecule has 194 valence electrons. The topological polar surface area (TPSA) is 92.8 Å². The predicted octanol–water partition coefficient (Wildman–Crippen LogP) is 5.29. The molecule has 1 amide bonds. The van der Waals surface area contributed by atoms with E-state index in [4.69, 9.17) is 16.3 Å². The van der Waals surface area contributed by atoms with Gasteiger partial charge in [0.25, 0.3) is 15.9 Å². The van der Waals surface area contributed by atoms with Crippen LogP contribution in [0.15, 0.2) is 71.6 Å². The average molecular weight is 553 g/mol. The van der Waals surface area contributed by atoms with E-state index in [-0.39, 0.29) is 22.2 Å². The maximum absolute atomic E-state index is 13.4. The average Bonchev–Trinajstić information content (AvgIpc) is 3.19. The highest BCUT2D eigenvalue weighted by Gasteiger charge is 2.36. The van der Waals surface area contributed by atoms with E-state index in [1.165, 1.54) is 28.6 Å². The van der Waals surface area contributed by atoms with Crippen molar-refractivity contribution in [2.24, 2.45) is 0 Å². The molecule has 0 fully saturated rings. The minimum Gasteiger partial charge on any atom is -0.452 e. The number of amides is 1. The summed E-state index contributed by atoms with van der Waals surface area (Å²) >= 11 is 5.56. The number of hydrogen-bond acceptors (Lipinski definition) is 5. The smallest absolute Gasteiger partial charge is 0.417 e. The number of nitrogens with zero attached hydrogens (tertiary/aromatic N) is 1. The van der Waals surface area contributed by atoms with E-state index in [1.807, 2.05) is 12.1 Å². The van der Waals surface area contributed by atoms with E-state index in [9.17, 15) is 31.2 Å². The Bertz CT molecular complexity index is 1480. The van der Waals surface area contributed by atoms with Crippen molar-refractivity contribution in [2.45, 2.75) is 30.5 Å². The van der Waals surface area contributed by atoms with Crippen LogP contribution in [-0.2, 0) is 32.2 Å². The quantitative estimate of drug-likeness (QED) is 0.419. The molecule has 3 aromatic carbocycles. The van der Waals surface area contributed by atoms with Crippen LogP contribution in [0.1, 0.15) is 28.4 Å². The lowest BCUT2D eigenvalue weighted by Gasteiger charge is -2.24. The number of sulfonamides is 1. The van der Waals surface area contributed by atoms with Crippen LogP contribution in [0.2, 0.25) is 5.02 Å². The van der Waals surface area contributed by atoms with Crippen LogP contribution in [0.4, 0.5) is 24.5 Å². The number of alkyl halides is 3. The number of carbonyl (C=O) groups excluding carboxylic acids is 2. The molecule has 0 radical (unpaired) electrons. The normalized spacial score (nSPS) is 15.3. The van der Waals surface area contributed by atoms with Crippen molar-refractivity contribution in [3.63, 3.8) is 0 Å². The number of ether oxygens (including phenoxy) is 1. The number of esters is 1. The highest BCUT2D eigenvalue weighted by atomic mass is 35.5. The molecule has 7 nitrogen and oxygen atoms in total. The van der Waals surface area contributed by atoms with Crippen molar-refractivity contribution >= 4 is 44.9 Å². The van der Waals surface area contributed by atoms with Gasteiger partial charge in [-0.15, -0.1) is 0 Å². The molecule has 0 aromatic heterocycles. The third kappa shape index (κ3) is 5.57. The molecule has 3 aromatic rings. The van der Waals surface area contributed by atoms with Crippen LogP contribution in [0.25, 0.3) is 0 Å². The first-order chi connectivity index (χ1) is 17.4.